The van der Waals surface area contributed by atoms with Crippen LogP contribution < -0.4 is 0 Å². The first kappa shape index (κ1) is 25.2. The molecular weight excluding hydrogens is 494 g/mol. The van der Waals surface area contributed by atoms with Crippen LogP contribution in [0.2, 0.25) is 0 Å². The number of rotatable bonds is 12. The average molecular weight is 529 g/mol. The van der Waals surface area contributed by atoms with E-state index in [9.17, 15) is 0 Å². The highest BCUT2D eigenvalue weighted by Gasteiger charge is 2.14. The summed E-state index contributed by atoms with van der Waals surface area (Å²) in [5, 5.41) is 0. The van der Waals surface area contributed by atoms with Gasteiger partial charge in [0, 0.05) is 36.2 Å². The van der Waals surface area contributed by atoms with E-state index in [1.54, 1.807) is 0 Å². The van der Waals surface area contributed by atoms with Crippen LogP contribution >= 0.6 is 15.9 Å². The summed E-state index contributed by atoms with van der Waals surface area (Å²) in [5.74, 6) is 1.07. The molecule has 0 radical (unpaired) electrons. The Labute approximate surface area is 218 Å². The minimum atomic E-state index is 0.874. The lowest BCUT2D eigenvalue weighted by Gasteiger charge is -2.22. The number of benzene rings is 3. The number of imidazole rings is 1. The first-order valence-corrected chi connectivity index (χ1v) is 13.3. The molecule has 0 amide bonds. The fraction of sp³-hybridized carbons (Fsp3) is 0.258. The van der Waals surface area contributed by atoms with Gasteiger partial charge in [0.25, 0.3) is 0 Å². The molecular formula is C31H34BrN3. The van der Waals surface area contributed by atoms with Gasteiger partial charge >= 0.3 is 0 Å². The third-order valence-corrected chi connectivity index (χ3v) is 6.67. The molecule has 0 aliphatic carbocycles. The molecule has 35 heavy (non-hydrogen) atoms. The van der Waals surface area contributed by atoms with E-state index in [0.717, 1.165) is 49.3 Å². The second-order valence-electron chi connectivity index (χ2n) is 8.87. The normalized spacial score (nSPS) is 11.5. The molecule has 180 valence electrons. The van der Waals surface area contributed by atoms with Crippen molar-refractivity contribution in [2.45, 2.75) is 39.3 Å². The topological polar surface area (TPSA) is 21.1 Å². The highest BCUT2D eigenvalue weighted by molar-refractivity contribution is 9.10. The molecule has 0 fully saturated rings. The van der Waals surface area contributed by atoms with Crippen molar-refractivity contribution in [3.05, 3.63) is 118 Å². The summed E-state index contributed by atoms with van der Waals surface area (Å²) in [6.45, 7) is 6.00. The van der Waals surface area contributed by atoms with Crippen molar-refractivity contribution in [1.82, 2.24) is 14.5 Å². The molecule has 4 aromatic rings. The van der Waals surface area contributed by atoms with Gasteiger partial charge in [0.05, 0.1) is 11.9 Å². The second kappa shape index (κ2) is 13.2. The summed E-state index contributed by atoms with van der Waals surface area (Å²) < 4.78 is 3.53. The highest BCUT2D eigenvalue weighted by atomic mass is 79.9. The zero-order chi connectivity index (χ0) is 24.3. The Morgan fingerprint density at radius 2 is 1.71 bits per heavy atom. The maximum absolute atomic E-state index is 4.86. The van der Waals surface area contributed by atoms with E-state index < -0.39 is 0 Å². The van der Waals surface area contributed by atoms with E-state index >= 15 is 0 Å². The first-order chi connectivity index (χ1) is 17.2. The van der Waals surface area contributed by atoms with Gasteiger partial charge in [-0.05, 0) is 36.1 Å². The van der Waals surface area contributed by atoms with Crippen molar-refractivity contribution in [2.24, 2.45) is 0 Å². The van der Waals surface area contributed by atoms with Gasteiger partial charge < -0.3 is 4.57 Å². The van der Waals surface area contributed by atoms with Crippen molar-refractivity contribution < 1.29 is 0 Å². The SMILES string of the molecule is CCCCn1c(CN(C/C=C\c2cccc(Br)c2)CCc2ccccc2)cnc1-c1ccccc1. The third kappa shape index (κ3) is 7.51. The van der Waals surface area contributed by atoms with Crippen LogP contribution in [0.4, 0.5) is 0 Å². The molecule has 3 aromatic carbocycles. The number of hydrogen-bond donors (Lipinski definition) is 0. The zero-order valence-electron chi connectivity index (χ0n) is 20.5. The predicted octanol–water partition coefficient (Wildman–Crippen LogP) is 7.87. The maximum Gasteiger partial charge on any atom is 0.140 e. The Morgan fingerprint density at radius 3 is 2.46 bits per heavy atom. The lowest BCUT2D eigenvalue weighted by molar-refractivity contribution is 0.290. The van der Waals surface area contributed by atoms with Crippen LogP contribution in [0.25, 0.3) is 17.5 Å². The molecule has 4 heteroatoms. The standard InChI is InChI=1S/C31H34BrN3/c1-2-3-21-35-30(24-33-31(35)28-16-8-5-9-17-28)25-34(22-19-26-12-6-4-7-13-26)20-11-15-27-14-10-18-29(32)23-27/h4-18,23-24H,2-3,19-22,25H2,1H3/b15-11-. The van der Waals surface area contributed by atoms with Crippen molar-refractivity contribution in [1.29, 1.82) is 0 Å². The molecule has 0 spiro atoms. The van der Waals surface area contributed by atoms with E-state index in [2.05, 4.69) is 136 Å². The lowest BCUT2D eigenvalue weighted by atomic mass is 10.1. The van der Waals surface area contributed by atoms with Gasteiger partial charge in [-0.3, -0.25) is 4.90 Å². The summed E-state index contributed by atoms with van der Waals surface area (Å²) in [7, 11) is 0. The van der Waals surface area contributed by atoms with Crippen molar-refractivity contribution in [3.8, 4) is 11.4 Å². The molecule has 0 saturated heterocycles. The molecule has 1 heterocycles. The number of unbranched alkanes of at least 4 members (excludes halogenated alkanes) is 1. The Kier molecular flexibility index (Phi) is 9.50. The molecule has 0 atom stereocenters. The zero-order valence-corrected chi connectivity index (χ0v) is 22.1. The summed E-state index contributed by atoms with van der Waals surface area (Å²) in [6.07, 6.45) is 9.91. The van der Waals surface area contributed by atoms with E-state index in [1.165, 1.54) is 28.8 Å². The molecule has 3 nitrogen and oxygen atoms in total. The van der Waals surface area contributed by atoms with Crippen molar-refractivity contribution in [2.75, 3.05) is 13.1 Å². The Bertz CT molecular complexity index is 1200. The molecule has 0 unspecified atom stereocenters. The molecule has 0 aliphatic rings. The molecule has 1 aromatic heterocycles. The monoisotopic (exact) mass is 527 g/mol. The van der Waals surface area contributed by atoms with Gasteiger partial charge in [-0.25, -0.2) is 4.98 Å². The van der Waals surface area contributed by atoms with Gasteiger partial charge in [-0.15, -0.1) is 0 Å². The summed E-state index contributed by atoms with van der Waals surface area (Å²) in [6, 6.07) is 29.7. The van der Waals surface area contributed by atoms with E-state index in [1.807, 2.05) is 0 Å². The fourth-order valence-corrected chi connectivity index (χ4v) is 4.68. The molecule has 0 bridgehead atoms. The highest BCUT2D eigenvalue weighted by Crippen LogP contribution is 2.22. The molecule has 4 rings (SSSR count). The van der Waals surface area contributed by atoms with Gasteiger partial charge in [0.1, 0.15) is 5.82 Å². The van der Waals surface area contributed by atoms with Crippen LogP contribution in [-0.2, 0) is 19.5 Å². The predicted molar refractivity (Wildman–Crippen MR) is 151 cm³/mol. The largest absolute Gasteiger partial charge is 0.327 e. The smallest absolute Gasteiger partial charge is 0.140 e. The molecule has 0 N–H and O–H groups in total. The van der Waals surface area contributed by atoms with E-state index in [-0.39, 0.29) is 0 Å². The van der Waals surface area contributed by atoms with E-state index in [4.69, 9.17) is 4.98 Å². The van der Waals surface area contributed by atoms with Gasteiger partial charge in [-0.2, -0.15) is 0 Å². The lowest BCUT2D eigenvalue weighted by Crippen LogP contribution is -2.27. The third-order valence-electron chi connectivity index (χ3n) is 6.17. The minimum Gasteiger partial charge on any atom is -0.327 e. The van der Waals surface area contributed by atoms with Crippen LogP contribution in [0.15, 0.2) is 102 Å². The average Bonchev–Trinajstić information content (AvgIpc) is 3.29. The number of halogens is 1. The van der Waals surface area contributed by atoms with Crippen LogP contribution in [-0.4, -0.2) is 27.5 Å². The summed E-state index contributed by atoms with van der Waals surface area (Å²) in [4.78, 5) is 7.38. The Balaban J connectivity index is 1.54. The quantitative estimate of drug-likeness (QED) is 0.187. The Morgan fingerprint density at radius 1 is 0.943 bits per heavy atom. The van der Waals surface area contributed by atoms with Crippen molar-refractivity contribution >= 4 is 22.0 Å². The summed E-state index contributed by atoms with van der Waals surface area (Å²) >= 11 is 3.57. The number of nitrogens with zero attached hydrogens (tertiary/aromatic N) is 3. The summed E-state index contributed by atoms with van der Waals surface area (Å²) in [5.41, 5.74) is 5.04. The van der Waals surface area contributed by atoms with Gasteiger partial charge in [0.2, 0.25) is 0 Å². The van der Waals surface area contributed by atoms with E-state index in [0.29, 0.717) is 0 Å². The van der Waals surface area contributed by atoms with Crippen LogP contribution in [0.1, 0.15) is 36.6 Å². The van der Waals surface area contributed by atoms with Crippen LogP contribution in [0.3, 0.4) is 0 Å². The molecule has 0 aliphatic heterocycles. The van der Waals surface area contributed by atoms with Crippen LogP contribution in [0.5, 0.6) is 0 Å². The van der Waals surface area contributed by atoms with Gasteiger partial charge in [-0.1, -0.05) is 114 Å². The first-order valence-electron chi connectivity index (χ1n) is 12.5. The van der Waals surface area contributed by atoms with Crippen LogP contribution in [0, 0.1) is 0 Å². The number of aromatic nitrogens is 2. The fourth-order valence-electron chi connectivity index (χ4n) is 4.26. The van der Waals surface area contributed by atoms with Gasteiger partial charge in [0.15, 0.2) is 0 Å². The maximum atomic E-state index is 4.86. The van der Waals surface area contributed by atoms with Crippen molar-refractivity contribution in [3.63, 3.8) is 0 Å². The molecule has 0 saturated carbocycles. The minimum absolute atomic E-state index is 0.874. The second-order valence-corrected chi connectivity index (χ2v) is 9.79. The Hall–Kier alpha value is -2.95. The number of hydrogen-bond acceptors (Lipinski definition) is 2.